The van der Waals surface area contributed by atoms with Gasteiger partial charge in [-0.05, 0) is 109 Å². The minimum atomic E-state index is -4.40. The molecular formula is C76H133NO8P+. The summed E-state index contributed by atoms with van der Waals surface area (Å²) in [6.45, 7) is 4.32. The Morgan fingerprint density at radius 3 is 0.988 bits per heavy atom. The van der Waals surface area contributed by atoms with Crippen LogP contribution in [0, 0.1) is 0 Å². The Bertz CT molecular complexity index is 1870. The van der Waals surface area contributed by atoms with Crippen molar-refractivity contribution in [2.45, 2.75) is 302 Å². The molecule has 0 aliphatic heterocycles. The van der Waals surface area contributed by atoms with Gasteiger partial charge in [-0.1, -0.05) is 296 Å². The average Bonchev–Trinajstić information content (AvgIpc) is 3.56. The normalized spacial score (nSPS) is 13.9. The summed E-state index contributed by atoms with van der Waals surface area (Å²) in [6, 6.07) is 0. The first-order valence-corrected chi connectivity index (χ1v) is 36.8. The molecule has 0 radical (unpaired) electrons. The lowest BCUT2D eigenvalue weighted by molar-refractivity contribution is -0.870. The summed E-state index contributed by atoms with van der Waals surface area (Å²) >= 11 is 0. The lowest BCUT2D eigenvalue weighted by atomic mass is 10.0. The number of unbranched alkanes of at least 4 members (excludes halogenated alkanes) is 30. The van der Waals surface area contributed by atoms with E-state index >= 15 is 0 Å². The van der Waals surface area contributed by atoms with Crippen molar-refractivity contribution in [3.63, 3.8) is 0 Å². The number of likely N-dealkylation sites (N-methyl/N-ethyl adjacent to an activating group) is 1. The molecule has 9 nitrogen and oxygen atoms in total. The van der Waals surface area contributed by atoms with Gasteiger partial charge >= 0.3 is 19.8 Å². The van der Waals surface area contributed by atoms with E-state index in [1.807, 2.05) is 21.1 Å². The molecule has 2 atom stereocenters. The maximum absolute atomic E-state index is 12.9. The van der Waals surface area contributed by atoms with E-state index in [2.05, 4.69) is 135 Å². The van der Waals surface area contributed by atoms with Crippen molar-refractivity contribution in [1.82, 2.24) is 0 Å². The molecule has 0 aromatic carbocycles. The fourth-order valence-corrected chi connectivity index (χ4v) is 10.3. The van der Waals surface area contributed by atoms with Crippen molar-refractivity contribution in [3.8, 4) is 0 Å². The SMILES string of the molecule is CC/C=C\C/C=C\C/C=C\C/C=C\C/C=C\C/C=C\C/C=C\CCCCCCCCCCCCCCCC(=O)OC(COC(=O)CCCCCCCCCCCCCC/C=C\C/C=C\C/C=C\CCCCCCC)COP(=O)(O)OCC[N+](C)(C)C. The van der Waals surface area contributed by atoms with Crippen LogP contribution in [0.4, 0.5) is 0 Å². The number of phosphoric acid groups is 1. The van der Waals surface area contributed by atoms with Gasteiger partial charge in [-0.3, -0.25) is 18.6 Å². The topological polar surface area (TPSA) is 108 Å². The van der Waals surface area contributed by atoms with Crippen LogP contribution in [0.5, 0.6) is 0 Å². The van der Waals surface area contributed by atoms with Crippen molar-refractivity contribution >= 4 is 19.8 Å². The molecule has 86 heavy (non-hydrogen) atoms. The fraction of sp³-hybridized carbons (Fsp3) is 0.711. The predicted molar refractivity (Wildman–Crippen MR) is 371 cm³/mol. The molecule has 0 aliphatic rings. The number of nitrogens with zero attached hydrogens (tertiary/aromatic N) is 1. The summed E-state index contributed by atoms with van der Waals surface area (Å²) in [7, 11) is 1.47. The van der Waals surface area contributed by atoms with E-state index in [4.69, 9.17) is 18.5 Å². The van der Waals surface area contributed by atoms with Gasteiger partial charge in [0.25, 0.3) is 0 Å². The number of phosphoric ester groups is 1. The van der Waals surface area contributed by atoms with Gasteiger partial charge in [0, 0.05) is 12.8 Å². The highest BCUT2D eigenvalue weighted by Gasteiger charge is 2.27. The van der Waals surface area contributed by atoms with E-state index in [0.29, 0.717) is 17.4 Å². The zero-order chi connectivity index (χ0) is 62.6. The predicted octanol–water partition coefficient (Wildman–Crippen LogP) is 23.0. The van der Waals surface area contributed by atoms with Gasteiger partial charge in [0.2, 0.25) is 0 Å². The van der Waals surface area contributed by atoms with E-state index < -0.39 is 26.5 Å². The summed E-state index contributed by atoms with van der Waals surface area (Å²) in [6.07, 6.45) is 94.4. The van der Waals surface area contributed by atoms with Crippen LogP contribution >= 0.6 is 7.82 Å². The van der Waals surface area contributed by atoms with Gasteiger partial charge in [0.05, 0.1) is 27.7 Å². The van der Waals surface area contributed by atoms with Gasteiger partial charge in [-0.15, -0.1) is 0 Å². The first-order valence-electron chi connectivity index (χ1n) is 35.3. The molecule has 0 aliphatic carbocycles. The van der Waals surface area contributed by atoms with E-state index in [0.717, 1.165) is 96.3 Å². The Kier molecular flexibility index (Phi) is 63.1. The quantitative estimate of drug-likeness (QED) is 0.0211. The molecule has 0 heterocycles. The number of carbonyl (C=O) groups is 2. The van der Waals surface area contributed by atoms with Crippen LogP contribution in [0.15, 0.2) is 122 Å². The zero-order valence-electron chi connectivity index (χ0n) is 56.3. The minimum absolute atomic E-state index is 0.0268. The monoisotopic (exact) mass is 1220 g/mol. The van der Waals surface area contributed by atoms with Crippen LogP contribution in [-0.4, -0.2) is 74.9 Å². The van der Waals surface area contributed by atoms with Gasteiger partial charge in [0.15, 0.2) is 6.10 Å². The molecule has 0 saturated heterocycles. The molecule has 2 unspecified atom stereocenters. The van der Waals surface area contributed by atoms with Crippen molar-refractivity contribution in [2.24, 2.45) is 0 Å². The third kappa shape index (κ3) is 69.5. The van der Waals surface area contributed by atoms with Crippen LogP contribution in [0.25, 0.3) is 0 Å². The van der Waals surface area contributed by atoms with Crippen molar-refractivity contribution in [3.05, 3.63) is 122 Å². The Hall–Kier alpha value is -3.59. The smallest absolute Gasteiger partial charge is 0.462 e. The highest BCUT2D eigenvalue weighted by Crippen LogP contribution is 2.43. The Morgan fingerprint density at radius 1 is 0.372 bits per heavy atom. The molecule has 1 N–H and O–H groups in total. The third-order valence-electron chi connectivity index (χ3n) is 15.0. The molecule has 0 aromatic heterocycles. The molecule has 0 rings (SSSR count). The number of hydrogen-bond donors (Lipinski definition) is 1. The lowest BCUT2D eigenvalue weighted by Crippen LogP contribution is -2.37. The van der Waals surface area contributed by atoms with Crippen LogP contribution in [0.3, 0.4) is 0 Å². The summed E-state index contributed by atoms with van der Waals surface area (Å²) in [5.41, 5.74) is 0. The van der Waals surface area contributed by atoms with Crippen LogP contribution in [-0.2, 0) is 32.7 Å². The Morgan fingerprint density at radius 2 is 0.663 bits per heavy atom. The maximum Gasteiger partial charge on any atom is 0.472 e. The number of carbonyl (C=O) groups excluding carboxylic acids is 2. The largest absolute Gasteiger partial charge is 0.472 e. The molecule has 0 aromatic rings. The molecule has 0 amide bonds. The summed E-state index contributed by atoms with van der Waals surface area (Å²) in [5, 5.41) is 0. The number of rotatable bonds is 64. The van der Waals surface area contributed by atoms with Crippen molar-refractivity contribution in [1.29, 1.82) is 0 Å². The van der Waals surface area contributed by atoms with Gasteiger partial charge < -0.3 is 18.9 Å². The molecule has 0 bridgehead atoms. The van der Waals surface area contributed by atoms with Crippen molar-refractivity contribution < 1.29 is 42.1 Å². The first kappa shape index (κ1) is 82.4. The molecule has 0 spiro atoms. The summed E-state index contributed by atoms with van der Waals surface area (Å²) in [4.78, 5) is 35.9. The minimum Gasteiger partial charge on any atom is -0.462 e. The number of allylic oxidation sites excluding steroid dienone is 20. The van der Waals surface area contributed by atoms with E-state index in [1.165, 1.54) is 167 Å². The highest BCUT2D eigenvalue weighted by atomic mass is 31.2. The van der Waals surface area contributed by atoms with Crippen LogP contribution < -0.4 is 0 Å². The Balaban J connectivity index is 4.08. The van der Waals surface area contributed by atoms with E-state index in [-0.39, 0.29) is 32.0 Å². The maximum atomic E-state index is 12.9. The van der Waals surface area contributed by atoms with Crippen LogP contribution in [0.1, 0.15) is 296 Å². The van der Waals surface area contributed by atoms with Crippen LogP contribution in [0.2, 0.25) is 0 Å². The van der Waals surface area contributed by atoms with Crippen molar-refractivity contribution in [2.75, 3.05) is 47.5 Å². The molecular weight excluding hydrogens is 1090 g/mol. The average molecular weight is 1220 g/mol. The van der Waals surface area contributed by atoms with Gasteiger partial charge in [0.1, 0.15) is 19.8 Å². The second-order valence-corrected chi connectivity index (χ2v) is 26.0. The first-order chi connectivity index (χ1) is 42.0. The second-order valence-electron chi connectivity index (χ2n) is 24.5. The van der Waals surface area contributed by atoms with E-state index in [1.54, 1.807) is 0 Å². The fourth-order valence-electron chi connectivity index (χ4n) is 9.59. The van der Waals surface area contributed by atoms with Gasteiger partial charge in [-0.2, -0.15) is 0 Å². The summed E-state index contributed by atoms with van der Waals surface area (Å²) < 4.78 is 34.7. The van der Waals surface area contributed by atoms with E-state index in [9.17, 15) is 19.0 Å². The third-order valence-corrected chi connectivity index (χ3v) is 16.0. The Labute approximate surface area is 530 Å². The zero-order valence-corrected chi connectivity index (χ0v) is 57.2. The summed E-state index contributed by atoms with van der Waals surface area (Å²) in [5.74, 6) is -0.798. The van der Waals surface area contributed by atoms with Gasteiger partial charge in [-0.25, -0.2) is 4.57 Å². The number of ether oxygens (including phenoxy) is 2. The standard InChI is InChI=1S/C76H132NO8P/c1-6-8-10-12-14-16-18-20-22-24-26-28-30-32-34-35-36-37-38-39-40-41-43-45-47-49-51-53-55-57-59-61-63-65-67-69-76(79)85-74(73-84-86(80,81)83-71-70-77(3,4)5)72-82-75(78)68-66-64-62-60-58-56-54-52-50-48-46-44-42-33-31-29-27-25-23-21-19-17-15-13-11-9-7-2/h8,10,14,16,19-22,25-28,31-34,36-37,39-40,74H,6-7,9,11-13,15,17-18,23-24,29-30,35,38,41-73H2,1-5H3/p+1/b10-8-,16-14-,21-19-,22-20-,27-25-,28-26-,33-31-,34-32-,37-36-,40-39-. The second kappa shape index (κ2) is 65.8. The molecule has 494 valence electrons. The number of hydrogen-bond acceptors (Lipinski definition) is 7. The number of quaternary nitrogens is 1. The number of esters is 2. The molecule has 0 fully saturated rings. The molecule has 0 saturated carbocycles. The lowest BCUT2D eigenvalue weighted by Gasteiger charge is -2.24. The highest BCUT2D eigenvalue weighted by molar-refractivity contribution is 7.47. The molecule has 10 heteroatoms.